The van der Waals surface area contributed by atoms with E-state index in [1.165, 1.54) is 7.11 Å². The number of methoxy groups -OCH3 is 1. The van der Waals surface area contributed by atoms with Crippen LogP contribution >= 0.6 is 0 Å². The summed E-state index contributed by atoms with van der Waals surface area (Å²) in [6, 6.07) is 5.05. The number of phenolic OH excluding ortho intramolecular Hbond substituents is 1. The number of nitrogens with zero attached hydrogens (tertiary/aromatic N) is 2. The highest BCUT2D eigenvalue weighted by molar-refractivity contribution is 5.89. The van der Waals surface area contributed by atoms with Gasteiger partial charge in [-0.25, -0.2) is 4.98 Å². The molecule has 15 heavy (non-hydrogen) atoms. The molecule has 0 radical (unpaired) electrons. The molecule has 0 bridgehead atoms. The SMILES string of the molecule is COc1nc(CN)nc2cccc(O)c12. The predicted octanol–water partition coefficient (Wildman–Crippen LogP) is 0.803. The number of aromatic nitrogens is 2. The third kappa shape index (κ3) is 1.57. The Morgan fingerprint density at radius 3 is 2.87 bits per heavy atom. The lowest BCUT2D eigenvalue weighted by atomic mass is 10.2. The largest absolute Gasteiger partial charge is 0.507 e. The fourth-order valence-electron chi connectivity index (χ4n) is 1.42. The Labute approximate surface area is 86.5 Å². The summed E-state index contributed by atoms with van der Waals surface area (Å²) in [6.07, 6.45) is 0. The monoisotopic (exact) mass is 205 g/mol. The zero-order valence-corrected chi connectivity index (χ0v) is 8.27. The number of hydrogen-bond donors (Lipinski definition) is 2. The fraction of sp³-hybridized carbons (Fsp3) is 0.200. The highest BCUT2D eigenvalue weighted by Gasteiger charge is 2.10. The summed E-state index contributed by atoms with van der Waals surface area (Å²) >= 11 is 0. The van der Waals surface area contributed by atoms with Gasteiger partial charge in [0, 0.05) is 0 Å². The van der Waals surface area contributed by atoms with Gasteiger partial charge in [-0.1, -0.05) is 6.07 Å². The molecule has 0 aliphatic carbocycles. The van der Waals surface area contributed by atoms with Crippen molar-refractivity contribution in [2.45, 2.75) is 6.54 Å². The number of rotatable bonds is 2. The number of nitrogens with two attached hydrogens (primary N) is 1. The highest BCUT2D eigenvalue weighted by Crippen LogP contribution is 2.30. The third-order valence-corrected chi connectivity index (χ3v) is 2.09. The van der Waals surface area contributed by atoms with E-state index >= 15 is 0 Å². The average Bonchev–Trinajstić information content (AvgIpc) is 2.27. The second-order valence-electron chi connectivity index (χ2n) is 3.02. The molecular formula is C10H11N3O2. The van der Waals surface area contributed by atoms with Crippen molar-refractivity contribution in [3.8, 4) is 11.6 Å². The van der Waals surface area contributed by atoms with Gasteiger partial charge in [0.25, 0.3) is 0 Å². The maximum Gasteiger partial charge on any atom is 0.228 e. The van der Waals surface area contributed by atoms with E-state index in [0.717, 1.165) is 0 Å². The molecule has 78 valence electrons. The zero-order chi connectivity index (χ0) is 10.8. The van der Waals surface area contributed by atoms with Gasteiger partial charge in [0.2, 0.25) is 5.88 Å². The first kappa shape index (κ1) is 9.67. The van der Waals surface area contributed by atoms with Crippen LogP contribution in [0.3, 0.4) is 0 Å². The molecule has 3 N–H and O–H groups in total. The number of hydrogen-bond acceptors (Lipinski definition) is 5. The summed E-state index contributed by atoms with van der Waals surface area (Å²) in [4.78, 5) is 8.27. The first-order valence-electron chi connectivity index (χ1n) is 4.49. The van der Waals surface area contributed by atoms with Crippen LogP contribution in [0, 0.1) is 0 Å². The number of aromatic hydroxyl groups is 1. The van der Waals surface area contributed by atoms with Gasteiger partial charge in [0.15, 0.2) is 0 Å². The summed E-state index contributed by atoms with van der Waals surface area (Å²) in [6.45, 7) is 0.238. The minimum atomic E-state index is 0.105. The molecule has 2 aromatic rings. The lowest BCUT2D eigenvalue weighted by molar-refractivity contribution is 0.397. The van der Waals surface area contributed by atoms with Crippen molar-refractivity contribution in [3.05, 3.63) is 24.0 Å². The molecule has 0 spiro atoms. The van der Waals surface area contributed by atoms with E-state index in [4.69, 9.17) is 10.5 Å². The van der Waals surface area contributed by atoms with E-state index in [0.29, 0.717) is 22.6 Å². The second kappa shape index (κ2) is 3.70. The molecule has 0 fully saturated rings. The molecule has 0 unspecified atom stereocenters. The number of ether oxygens (including phenoxy) is 1. The summed E-state index contributed by atoms with van der Waals surface area (Å²) in [5, 5.41) is 10.2. The maximum atomic E-state index is 9.66. The van der Waals surface area contributed by atoms with E-state index < -0.39 is 0 Å². The van der Waals surface area contributed by atoms with Gasteiger partial charge in [-0.05, 0) is 12.1 Å². The Morgan fingerprint density at radius 2 is 2.20 bits per heavy atom. The van der Waals surface area contributed by atoms with Gasteiger partial charge in [0.05, 0.1) is 19.2 Å². The van der Waals surface area contributed by atoms with Crippen LogP contribution in [0.1, 0.15) is 5.82 Å². The highest BCUT2D eigenvalue weighted by atomic mass is 16.5. The van der Waals surface area contributed by atoms with E-state index in [9.17, 15) is 5.11 Å². The summed E-state index contributed by atoms with van der Waals surface area (Å²) in [5.41, 5.74) is 6.09. The van der Waals surface area contributed by atoms with Crippen LogP contribution in [-0.2, 0) is 6.54 Å². The molecule has 0 aliphatic heterocycles. The zero-order valence-electron chi connectivity index (χ0n) is 8.27. The number of phenols is 1. The third-order valence-electron chi connectivity index (χ3n) is 2.09. The first-order valence-corrected chi connectivity index (χ1v) is 4.49. The van der Waals surface area contributed by atoms with E-state index in [1.54, 1.807) is 18.2 Å². The maximum absolute atomic E-state index is 9.66. The molecule has 1 aromatic carbocycles. The van der Waals surface area contributed by atoms with E-state index in [2.05, 4.69) is 9.97 Å². The number of fused-ring (bicyclic) bond motifs is 1. The first-order chi connectivity index (χ1) is 7.26. The Hall–Kier alpha value is -1.88. The van der Waals surface area contributed by atoms with Crippen molar-refractivity contribution in [3.63, 3.8) is 0 Å². The van der Waals surface area contributed by atoms with Crippen molar-refractivity contribution in [1.29, 1.82) is 0 Å². The van der Waals surface area contributed by atoms with Gasteiger partial charge >= 0.3 is 0 Å². The summed E-state index contributed by atoms with van der Waals surface area (Å²) in [7, 11) is 1.49. The quantitative estimate of drug-likeness (QED) is 0.758. The Morgan fingerprint density at radius 1 is 1.40 bits per heavy atom. The minimum absolute atomic E-state index is 0.105. The molecule has 0 aliphatic rings. The average molecular weight is 205 g/mol. The van der Waals surface area contributed by atoms with Gasteiger partial charge in [-0.3, -0.25) is 0 Å². The molecule has 0 atom stereocenters. The molecule has 0 saturated heterocycles. The van der Waals surface area contributed by atoms with Crippen molar-refractivity contribution >= 4 is 10.9 Å². The predicted molar refractivity (Wildman–Crippen MR) is 55.6 cm³/mol. The topological polar surface area (TPSA) is 81.3 Å². The summed E-state index contributed by atoms with van der Waals surface area (Å²) < 4.78 is 5.08. The molecule has 0 saturated carbocycles. The fourth-order valence-corrected chi connectivity index (χ4v) is 1.42. The minimum Gasteiger partial charge on any atom is -0.507 e. The van der Waals surface area contributed by atoms with E-state index in [-0.39, 0.29) is 12.3 Å². The molecule has 1 heterocycles. The van der Waals surface area contributed by atoms with Crippen LogP contribution < -0.4 is 10.5 Å². The normalized spacial score (nSPS) is 10.5. The molecule has 1 aromatic heterocycles. The van der Waals surface area contributed by atoms with Crippen molar-refractivity contribution in [1.82, 2.24) is 9.97 Å². The molecule has 5 heteroatoms. The van der Waals surface area contributed by atoms with E-state index in [1.807, 2.05) is 0 Å². The Bertz CT molecular complexity index is 499. The smallest absolute Gasteiger partial charge is 0.228 e. The van der Waals surface area contributed by atoms with Crippen LogP contribution in [0.4, 0.5) is 0 Å². The van der Waals surface area contributed by atoms with Crippen molar-refractivity contribution in [2.75, 3.05) is 7.11 Å². The molecular weight excluding hydrogens is 194 g/mol. The van der Waals surface area contributed by atoms with Gasteiger partial charge in [-0.15, -0.1) is 0 Å². The lowest BCUT2D eigenvalue weighted by Crippen LogP contribution is -2.04. The van der Waals surface area contributed by atoms with Gasteiger partial charge < -0.3 is 15.6 Å². The molecule has 2 rings (SSSR count). The summed E-state index contributed by atoms with van der Waals surface area (Å²) in [5.74, 6) is 0.941. The van der Waals surface area contributed by atoms with Crippen LogP contribution in [0.15, 0.2) is 18.2 Å². The van der Waals surface area contributed by atoms with Crippen molar-refractivity contribution in [2.24, 2.45) is 5.73 Å². The number of benzene rings is 1. The Kier molecular flexibility index (Phi) is 2.39. The van der Waals surface area contributed by atoms with Gasteiger partial charge in [0.1, 0.15) is 17.0 Å². The van der Waals surface area contributed by atoms with Crippen LogP contribution in [-0.4, -0.2) is 22.2 Å². The molecule has 5 nitrogen and oxygen atoms in total. The van der Waals surface area contributed by atoms with Gasteiger partial charge in [-0.2, -0.15) is 4.98 Å². The lowest BCUT2D eigenvalue weighted by Gasteiger charge is -2.07. The van der Waals surface area contributed by atoms with Crippen LogP contribution in [0.2, 0.25) is 0 Å². The molecule has 0 amide bonds. The second-order valence-corrected chi connectivity index (χ2v) is 3.02. The Balaban J connectivity index is 2.81. The van der Waals surface area contributed by atoms with Crippen LogP contribution in [0.25, 0.3) is 10.9 Å². The van der Waals surface area contributed by atoms with Crippen molar-refractivity contribution < 1.29 is 9.84 Å². The standard InChI is InChI=1S/C10H11N3O2/c1-15-10-9-6(3-2-4-7(9)14)12-8(5-11)13-10/h2-4,14H,5,11H2,1H3. The van der Waals surface area contributed by atoms with Crippen LogP contribution in [0.5, 0.6) is 11.6 Å².